The van der Waals surface area contributed by atoms with E-state index in [-0.39, 0.29) is 5.82 Å². The summed E-state index contributed by atoms with van der Waals surface area (Å²) in [5.41, 5.74) is 1.49. The first kappa shape index (κ1) is 17.1. The minimum Gasteiger partial charge on any atom is -0.207 e. The van der Waals surface area contributed by atoms with Gasteiger partial charge in [-0.25, -0.2) is 4.39 Å². The van der Waals surface area contributed by atoms with Crippen LogP contribution in [0.2, 0.25) is 5.02 Å². The highest BCUT2D eigenvalue weighted by atomic mass is 79.9. The number of benzene rings is 2. The maximum Gasteiger partial charge on any atom is 0.124 e. The molecule has 0 aromatic heterocycles. The van der Waals surface area contributed by atoms with Gasteiger partial charge in [0, 0.05) is 26.7 Å². The van der Waals surface area contributed by atoms with Gasteiger partial charge >= 0.3 is 0 Å². The molecule has 2 aromatic rings. The molecule has 5 heteroatoms. The lowest BCUT2D eigenvalue weighted by atomic mass is 9.79. The Hall–Kier alpha value is -0.280. The Balaban J connectivity index is 2.43. The van der Waals surface area contributed by atoms with Crippen LogP contribution in [0, 0.1) is 5.82 Å². The molecule has 0 aliphatic rings. The van der Waals surface area contributed by atoms with Crippen LogP contribution in [0.4, 0.5) is 4.39 Å². The van der Waals surface area contributed by atoms with E-state index < -0.39 is 5.41 Å². The van der Waals surface area contributed by atoms with Gasteiger partial charge in [-0.15, -0.1) is 23.2 Å². The van der Waals surface area contributed by atoms with Gasteiger partial charge in [0.05, 0.1) is 0 Å². The first-order valence-corrected chi connectivity index (χ1v) is 8.57. The van der Waals surface area contributed by atoms with E-state index in [2.05, 4.69) is 15.9 Å². The van der Waals surface area contributed by atoms with Gasteiger partial charge in [-0.3, -0.25) is 0 Å². The van der Waals surface area contributed by atoms with Crippen molar-refractivity contribution in [1.82, 2.24) is 0 Å². The monoisotopic (exact) mass is 408 g/mol. The number of rotatable bonds is 5. The zero-order chi connectivity index (χ0) is 15.5. The Morgan fingerprint density at radius 1 is 1.05 bits per heavy atom. The molecule has 0 aliphatic carbocycles. The van der Waals surface area contributed by atoms with Gasteiger partial charge in [-0.2, -0.15) is 0 Å². The van der Waals surface area contributed by atoms with Crippen LogP contribution in [-0.2, 0) is 11.8 Å². The van der Waals surface area contributed by atoms with Gasteiger partial charge in [-0.05, 0) is 41.8 Å². The first-order valence-electron chi connectivity index (χ1n) is 6.33. The van der Waals surface area contributed by atoms with Crippen LogP contribution in [0.15, 0.2) is 46.9 Å². The van der Waals surface area contributed by atoms with Crippen LogP contribution in [0.1, 0.15) is 11.1 Å². The Morgan fingerprint density at radius 2 is 1.76 bits per heavy atom. The standard InChI is InChI=1S/C16H13BrCl3F/c17-15-7-14(21)5-4-11(15)8-16(9-18,10-19)12-2-1-3-13(20)6-12/h1-7H,8-10H2. The lowest BCUT2D eigenvalue weighted by molar-refractivity contribution is 0.534. The van der Waals surface area contributed by atoms with Crippen molar-refractivity contribution in [3.05, 3.63) is 68.9 Å². The largest absolute Gasteiger partial charge is 0.207 e. The van der Waals surface area contributed by atoms with E-state index in [1.165, 1.54) is 12.1 Å². The number of hydrogen-bond donors (Lipinski definition) is 0. The Kier molecular flexibility index (Phi) is 5.96. The SMILES string of the molecule is Fc1ccc(CC(CCl)(CCl)c2cccc(Cl)c2)c(Br)c1. The summed E-state index contributed by atoms with van der Waals surface area (Å²) in [5.74, 6) is 0.414. The number of hydrogen-bond acceptors (Lipinski definition) is 0. The maximum atomic E-state index is 13.2. The second kappa shape index (κ2) is 7.32. The van der Waals surface area contributed by atoms with Crippen molar-refractivity contribution in [3.8, 4) is 0 Å². The fourth-order valence-electron chi connectivity index (χ4n) is 2.23. The molecule has 0 fully saturated rings. The highest BCUT2D eigenvalue weighted by molar-refractivity contribution is 9.10. The van der Waals surface area contributed by atoms with E-state index in [4.69, 9.17) is 34.8 Å². The minimum atomic E-state index is -0.450. The summed E-state index contributed by atoms with van der Waals surface area (Å²) >= 11 is 21.9. The van der Waals surface area contributed by atoms with E-state index in [0.29, 0.717) is 27.7 Å². The third-order valence-corrected chi connectivity index (χ3v) is 5.49. The van der Waals surface area contributed by atoms with Crippen LogP contribution in [0.25, 0.3) is 0 Å². The molecule has 0 amide bonds. The molecule has 0 heterocycles. The molecule has 0 nitrogen and oxygen atoms in total. The molecule has 0 saturated heterocycles. The minimum absolute atomic E-state index is 0.282. The lowest BCUT2D eigenvalue weighted by Gasteiger charge is -2.31. The summed E-state index contributed by atoms with van der Waals surface area (Å²) in [7, 11) is 0. The summed E-state index contributed by atoms with van der Waals surface area (Å²) in [6, 6.07) is 12.2. The van der Waals surface area contributed by atoms with Gasteiger partial charge in [0.25, 0.3) is 0 Å². The molecule has 2 rings (SSSR count). The van der Waals surface area contributed by atoms with Gasteiger partial charge < -0.3 is 0 Å². The third-order valence-electron chi connectivity index (χ3n) is 3.49. The molecule has 0 radical (unpaired) electrons. The van der Waals surface area contributed by atoms with Gasteiger partial charge in [0.1, 0.15) is 5.82 Å². The van der Waals surface area contributed by atoms with E-state index >= 15 is 0 Å². The van der Waals surface area contributed by atoms with Crippen LogP contribution in [-0.4, -0.2) is 11.8 Å². The fraction of sp³-hybridized carbons (Fsp3) is 0.250. The van der Waals surface area contributed by atoms with Gasteiger partial charge in [-0.1, -0.05) is 45.7 Å². The van der Waals surface area contributed by atoms with Crippen LogP contribution in [0.3, 0.4) is 0 Å². The molecule has 0 spiro atoms. The van der Waals surface area contributed by atoms with Crippen molar-refractivity contribution < 1.29 is 4.39 Å². The Bertz CT molecular complexity index is 627. The zero-order valence-corrected chi connectivity index (χ0v) is 14.9. The molecule has 0 bridgehead atoms. The summed E-state index contributed by atoms with van der Waals surface area (Å²) in [5, 5.41) is 0.644. The van der Waals surface area contributed by atoms with Crippen LogP contribution >= 0.6 is 50.7 Å². The van der Waals surface area contributed by atoms with Crippen molar-refractivity contribution >= 4 is 50.7 Å². The molecule has 0 unspecified atom stereocenters. The van der Waals surface area contributed by atoms with Crippen molar-refractivity contribution in [3.63, 3.8) is 0 Å². The number of halogens is 5. The summed E-state index contributed by atoms with van der Waals surface area (Å²) in [6.45, 7) is 0. The summed E-state index contributed by atoms with van der Waals surface area (Å²) < 4.78 is 13.9. The second-order valence-corrected chi connectivity index (χ2v) is 6.80. The van der Waals surface area contributed by atoms with E-state index in [1.54, 1.807) is 6.07 Å². The molecule has 112 valence electrons. The van der Waals surface area contributed by atoms with E-state index in [9.17, 15) is 4.39 Å². The van der Waals surface area contributed by atoms with Crippen molar-refractivity contribution in [2.75, 3.05) is 11.8 Å². The molecule has 0 aliphatic heterocycles. The molecule has 2 aromatic carbocycles. The van der Waals surface area contributed by atoms with Crippen molar-refractivity contribution in [1.29, 1.82) is 0 Å². The van der Waals surface area contributed by atoms with Crippen molar-refractivity contribution in [2.24, 2.45) is 0 Å². The van der Waals surface area contributed by atoms with E-state index in [1.807, 2.05) is 24.3 Å². The van der Waals surface area contributed by atoms with E-state index in [0.717, 1.165) is 11.1 Å². The molecule has 0 N–H and O–H groups in total. The number of alkyl halides is 2. The topological polar surface area (TPSA) is 0 Å². The molecular formula is C16H13BrCl3F. The average Bonchev–Trinajstić information content (AvgIpc) is 2.47. The van der Waals surface area contributed by atoms with Crippen LogP contribution in [0.5, 0.6) is 0 Å². The lowest BCUT2D eigenvalue weighted by Crippen LogP contribution is -2.33. The molecule has 0 atom stereocenters. The third kappa shape index (κ3) is 3.92. The zero-order valence-electron chi connectivity index (χ0n) is 11.1. The van der Waals surface area contributed by atoms with Gasteiger partial charge in [0.15, 0.2) is 0 Å². The molecule has 21 heavy (non-hydrogen) atoms. The summed E-state index contributed by atoms with van der Waals surface area (Å²) in [6.07, 6.45) is 0.598. The Labute approximate surface area is 147 Å². The highest BCUT2D eigenvalue weighted by Crippen LogP contribution is 2.35. The maximum absolute atomic E-state index is 13.2. The van der Waals surface area contributed by atoms with Crippen LogP contribution < -0.4 is 0 Å². The van der Waals surface area contributed by atoms with Gasteiger partial charge in [0.2, 0.25) is 0 Å². The average molecular weight is 411 g/mol. The predicted octanol–water partition coefficient (Wildman–Crippen LogP) is 6.20. The fourth-order valence-corrected chi connectivity index (χ4v) is 3.70. The molecule has 0 saturated carbocycles. The smallest absolute Gasteiger partial charge is 0.124 e. The predicted molar refractivity (Wildman–Crippen MR) is 92.4 cm³/mol. The highest BCUT2D eigenvalue weighted by Gasteiger charge is 2.32. The second-order valence-electron chi connectivity index (χ2n) is 4.97. The Morgan fingerprint density at radius 3 is 2.33 bits per heavy atom. The first-order chi connectivity index (χ1) is 10.0. The quantitative estimate of drug-likeness (QED) is 0.515. The molecular weight excluding hydrogens is 397 g/mol. The van der Waals surface area contributed by atoms with Crippen molar-refractivity contribution in [2.45, 2.75) is 11.8 Å². The summed E-state index contributed by atoms with van der Waals surface area (Å²) in [4.78, 5) is 0. The normalized spacial score (nSPS) is 11.7.